The van der Waals surface area contributed by atoms with Gasteiger partial charge in [-0.2, -0.15) is 5.26 Å². The molecule has 1 aliphatic rings. The predicted molar refractivity (Wildman–Crippen MR) is 91.9 cm³/mol. The van der Waals surface area contributed by atoms with Gasteiger partial charge in [0, 0.05) is 17.1 Å². The van der Waals surface area contributed by atoms with Gasteiger partial charge in [-0.1, -0.05) is 12.1 Å². The second-order valence-electron chi connectivity index (χ2n) is 6.21. The minimum Gasteiger partial charge on any atom is -0.360 e. The number of nitriles is 1. The van der Waals surface area contributed by atoms with Gasteiger partial charge in [0.05, 0.1) is 12.6 Å². The Morgan fingerprint density at radius 1 is 1.24 bits per heavy atom. The lowest BCUT2D eigenvalue weighted by atomic mass is 10.00. The third-order valence-electron chi connectivity index (χ3n) is 4.49. The Hall–Kier alpha value is -3.14. The molecule has 3 rings (SSSR count). The largest absolute Gasteiger partial charge is 0.360 e. The van der Waals surface area contributed by atoms with E-state index in [9.17, 15) is 19.6 Å². The van der Waals surface area contributed by atoms with Gasteiger partial charge < -0.3 is 15.6 Å². The molecular weight excluding hydrogens is 320 g/mol. The highest BCUT2D eigenvalue weighted by Gasteiger charge is 2.35. The van der Waals surface area contributed by atoms with Gasteiger partial charge in [0.15, 0.2) is 0 Å². The minimum absolute atomic E-state index is 0.0534. The molecule has 1 aliphatic carbocycles. The maximum atomic E-state index is 12.4. The maximum absolute atomic E-state index is 12.4. The first-order valence-corrected chi connectivity index (χ1v) is 8.15. The molecule has 2 amide bonds. The third-order valence-corrected chi connectivity index (χ3v) is 4.49. The molecule has 1 saturated carbocycles. The molecular formula is C18H18N4O3. The van der Waals surface area contributed by atoms with Gasteiger partial charge in [0.2, 0.25) is 11.3 Å². The summed E-state index contributed by atoms with van der Waals surface area (Å²) in [4.78, 5) is 39.5. The van der Waals surface area contributed by atoms with Gasteiger partial charge in [-0.15, -0.1) is 0 Å². The van der Waals surface area contributed by atoms with Gasteiger partial charge in [-0.05, 0) is 37.8 Å². The van der Waals surface area contributed by atoms with E-state index >= 15 is 0 Å². The van der Waals surface area contributed by atoms with Crippen molar-refractivity contribution in [2.24, 2.45) is 0 Å². The summed E-state index contributed by atoms with van der Waals surface area (Å²) < 4.78 is 0. The van der Waals surface area contributed by atoms with Crippen molar-refractivity contribution in [2.45, 2.75) is 31.2 Å². The topological polar surface area (TPSA) is 115 Å². The molecule has 0 unspecified atom stereocenters. The molecule has 1 aromatic carbocycles. The van der Waals surface area contributed by atoms with E-state index in [0.29, 0.717) is 23.7 Å². The van der Waals surface area contributed by atoms with Crippen LogP contribution in [0.1, 0.15) is 36.0 Å². The van der Waals surface area contributed by atoms with E-state index < -0.39 is 22.8 Å². The molecule has 0 radical (unpaired) electrons. The quantitative estimate of drug-likeness (QED) is 0.777. The molecule has 1 aromatic heterocycles. The molecule has 2 aromatic rings. The Kier molecular flexibility index (Phi) is 4.52. The number of aromatic nitrogens is 1. The Balaban J connectivity index is 1.67. The first-order valence-electron chi connectivity index (χ1n) is 8.15. The molecule has 1 heterocycles. The number of nitrogens with zero attached hydrogens (tertiary/aromatic N) is 1. The summed E-state index contributed by atoms with van der Waals surface area (Å²) in [5.41, 5.74) is -0.639. The maximum Gasteiger partial charge on any atom is 0.257 e. The van der Waals surface area contributed by atoms with Crippen LogP contribution >= 0.6 is 0 Å². The summed E-state index contributed by atoms with van der Waals surface area (Å²) in [6.45, 7) is -0.283. The van der Waals surface area contributed by atoms with Gasteiger partial charge in [0.25, 0.3) is 5.91 Å². The number of para-hydroxylation sites is 1. The average molecular weight is 338 g/mol. The lowest BCUT2D eigenvalue weighted by Gasteiger charge is -2.21. The smallest absolute Gasteiger partial charge is 0.257 e. The Morgan fingerprint density at radius 2 is 1.96 bits per heavy atom. The zero-order valence-electron chi connectivity index (χ0n) is 13.6. The van der Waals surface area contributed by atoms with Crippen LogP contribution in [0.4, 0.5) is 0 Å². The normalized spacial score (nSPS) is 15.5. The van der Waals surface area contributed by atoms with Crippen molar-refractivity contribution in [1.29, 1.82) is 5.26 Å². The first kappa shape index (κ1) is 16.7. The standard InChI is InChI=1S/C18H18N4O3/c19-11-18(7-3-4-8-18)22-15(23)10-21-17(25)13-9-20-14-6-2-1-5-12(14)16(13)24/h1-2,5-6,9H,3-4,7-8,10H2,(H,20,24)(H,21,25)(H,22,23). The zero-order chi connectivity index (χ0) is 17.9. The van der Waals surface area contributed by atoms with Crippen molar-refractivity contribution in [3.63, 3.8) is 0 Å². The summed E-state index contributed by atoms with van der Waals surface area (Å²) in [6.07, 6.45) is 4.37. The van der Waals surface area contributed by atoms with Crippen molar-refractivity contribution < 1.29 is 9.59 Å². The lowest BCUT2D eigenvalue weighted by molar-refractivity contribution is -0.121. The Labute approximate surface area is 144 Å². The number of amides is 2. The van der Waals surface area contributed by atoms with Crippen LogP contribution in [-0.4, -0.2) is 28.9 Å². The third kappa shape index (κ3) is 3.38. The molecule has 25 heavy (non-hydrogen) atoms. The monoisotopic (exact) mass is 338 g/mol. The second kappa shape index (κ2) is 6.77. The molecule has 7 heteroatoms. The van der Waals surface area contributed by atoms with Crippen LogP contribution < -0.4 is 16.1 Å². The highest BCUT2D eigenvalue weighted by Crippen LogP contribution is 2.28. The van der Waals surface area contributed by atoms with Gasteiger partial charge >= 0.3 is 0 Å². The number of carbonyl (C=O) groups excluding carboxylic acids is 2. The molecule has 128 valence electrons. The molecule has 0 bridgehead atoms. The minimum atomic E-state index is -0.831. The molecule has 0 aliphatic heterocycles. The number of nitrogens with one attached hydrogen (secondary N) is 3. The molecule has 0 atom stereocenters. The van der Waals surface area contributed by atoms with Crippen molar-refractivity contribution in [3.8, 4) is 6.07 Å². The predicted octanol–water partition coefficient (Wildman–Crippen LogP) is 1.21. The fourth-order valence-corrected chi connectivity index (χ4v) is 3.15. The van der Waals surface area contributed by atoms with Crippen molar-refractivity contribution >= 4 is 22.7 Å². The van der Waals surface area contributed by atoms with Gasteiger partial charge in [-0.25, -0.2) is 0 Å². The number of hydrogen-bond donors (Lipinski definition) is 3. The fourth-order valence-electron chi connectivity index (χ4n) is 3.15. The van der Waals surface area contributed by atoms with Gasteiger partial charge in [0.1, 0.15) is 11.1 Å². The average Bonchev–Trinajstić information content (AvgIpc) is 3.09. The number of rotatable bonds is 4. The lowest BCUT2D eigenvalue weighted by Crippen LogP contribution is -2.49. The second-order valence-corrected chi connectivity index (χ2v) is 6.21. The molecule has 0 spiro atoms. The SMILES string of the molecule is N#CC1(NC(=O)CNC(=O)c2c[nH]c3ccccc3c2=O)CCCC1. The number of carbonyl (C=O) groups is 2. The summed E-state index contributed by atoms with van der Waals surface area (Å²) in [6, 6.07) is 9.04. The van der Waals surface area contributed by atoms with E-state index in [2.05, 4.69) is 21.7 Å². The van der Waals surface area contributed by atoms with Crippen molar-refractivity contribution in [3.05, 3.63) is 46.2 Å². The number of H-pyrrole nitrogens is 1. The number of fused-ring (bicyclic) bond motifs is 1. The summed E-state index contributed by atoms with van der Waals surface area (Å²) in [5, 5.41) is 14.8. The van der Waals surface area contributed by atoms with Crippen LogP contribution in [0.5, 0.6) is 0 Å². The summed E-state index contributed by atoms with van der Waals surface area (Å²) >= 11 is 0. The summed E-state index contributed by atoms with van der Waals surface area (Å²) in [5.74, 6) is -1.06. The summed E-state index contributed by atoms with van der Waals surface area (Å²) in [7, 11) is 0. The molecule has 0 saturated heterocycles. The number of hydrogen-bond acceptors (Lipinski definition) is 4. The van der Waals surface area contributed by atoms with Crippen LogP contribution in [0, 0.1) is 11.3 Å². The zero-order valence-corrected chi connectivity index (χ0v) is 13.6. The fraction of sp³-hybridized carbons (Fsp3) is 0.333. The van der Waals surface area contributed by atoms with E-state index in [-0.39, 0.29) is 12.1 Å². The number of benzene rings is 1. The van der Waals surface area contributed by atoms with E-state index in [1.807, 2.05) is 0 Å². The first-order chi connectivity index (χ1) is 12.0. The van der Waals surface area contributed by atoms with Gasteiger partial charge in [-0.3, -0.25) is 14.4 Å². The highest BCUT2D eigenvalue weighted by molar-refractivity contribution is 5.98. The van der Waals surface area contributed by atoms with E-state index in [0.717, 1.165) is 12.8 Å². The van der Waals surface area contributed by atoms with Crippen LogP contribution in [-0.2, 0) is 4.79 Å². The van der Waals surface area contributed by atoms with Crippen LogP contribution in [0.2, 0.25) is 0 Å². The van der Waals surface area contributed by atoms with Crippen molar-refractivity contribution in [2.75, 3.05) is 6.54 Å². The van der Waals surface area contributed by atoms with E-state index in [1.165, 1.54) is 6.20 Å². The van der Waals surface area contributed by atoms with Crippen LogP contribution in [0.3, 0.4) is 0 Å². The molecule has 7 nitrogen and oxygen atoms in total. The Morgan fingerprint density at radius 3 is 2.68 bits per heavy atom. The molecule has 1 fully saturated rings. The number of aromatic amines is 1. The van der Waals surface area contributed by atoms with Crippen molar-refractivity contribution in [1.82, 2.24) is 15.6 Å². The van der Waals surface area contributed by atoms with Crippen LogP contribution in [0.15, 0.2) is 35.3 Å². The van der Waals surface area contributed by atoms with E-state index in [4.69, 9.17) is 0 Å². The van der Waals surface area contributed by atoms with E-state index in [1.54, 1.807) is 24.3 Å². The van der Waals surface area contributed by atoms with Crippen LogP contribution in [0.25, 0.3) is 10.9 Å². The molecule has 3 N–H and O–H groups in total. The highest BCUT2D eigenvalue weighted by atomic mass is 16.2. The number of pyridine rings is 1. The Bertz CT molecular complexity index is 920.